The van der Waals surface area contributed by atoms with Gasteiger partial charge in [-0.15, -0.1) is 0 Å². The number of aromatic nitrogens is 3. The molecule has 0 aliphatic carbocycles. The van der Waals surface area contributed by atoms with E-state index in [0.29, 0.717) is 29.0 Å². The van der Waals surface area contributed by atoms with Gasteiger partial charge in [0.05, 0.1) is 0 Å². The number of aromatic amines is 1. The van der Waals surface area contributed by atoms with Crippen LogP contribution in [0.5, 0.6) is 0 Å². The average Bonchev–Trinajstić information content (AvgIpc) is 3.02. The van der Waals surface area contributed by atoms with E-state index in [0.717, 1.165) is 17.2 Å². The molecule has 0 spiro atoms. The molecule has 0 bridgehead atoms. The molecule has 3 heterocycles. The zero-order valence-electron chi connectivity index (χ0n) is 7.68. The summed E-state index contributed by atoms with van der Waals surface area (Å²) in [6.45, 7) is 0. The van der Waals surface area contributed by atoms with E-state index in [4.69, 9.17) is 0 Å². The molecular weight excluding hydrogens is 320 g/mol. The van der Waals surface area contributed by atoms with Crippen LogP contribution in [0.25, 0.3) is 22.8 Å². The van der Waals surface area contributed by atoms with Crippen LogP contribution >= 0.6 is 0 Å². The molecule has 3 nitrogen and oxygen atoms in total. The Hall–Kier alpha value is -0.861. The Kier molecular flexibility index (Phi) is 2.47. The summed E-state index contributed by atoms with van der Waals surface area (Å²) < 4.78 is 0. The average molecular weight is 327 g/mol. The number of H-pyrrole nitrogens is 1. The van der Waals surface area contributed by atoms with Gasteiger partial charge in [-0.2, -0.15) is 0 Å². The predicted molar refractivity (Wildman–Crippen MR) is 61.1 cm³/mol. The minimum absolute atomic E-state index is 0.492. The number of hydrogen-bond donors (Lipinski definition) is 1. The van der Waals surface area contributed by atoms with Crippen LogP contribution in [0.4, 0.5) is 0 Å². The Bertz CT molecular complexity index is 488. The molecule has 0 unspecified atom stereocenters. The van der Waals surface area contributed by atoms with Gasteiger partial charge in [-0.25, -0.2) is 0 Å². The molecule has 0 saturated carbocycles. The fourth-order valence-corrected chi connectivity index (χ4v) is 3.99. The molecule has 0 aliphatic heterocycles. The molecule has 15 heavy (non-hydrogen) atoms. The van der Waals surface area contributed by atoms with Crippen molar-refractivity contribution < 1.29 is 0 Å². The summed E-state index contributed by atoms with van der Waals surface area (Å²) in [7, 11) is 0. The molecule has 0 radical (unpaired) electrons. The van der Waals surface area contributed by atoms with Crippen LogP contribution in [0.3, 0.4) is 0 Å². The standard InChI is InChI=1S/C10H7N3Se2/c1-3-14-5-7(1)9-11-10(13-12-9)8-2-4-15-6-8/h1-6H,(H,11,12,13). The van der Waals surface area contributed by atoms with Crippen molar-refractivity contribution in [2.45, 2.75) is 0 Å². The zero-order chi connectivity index (χ0) is 10.1. The van der Waals surface area contributed by atoms with E-state index in [-0.39, 0.29) is 0 Å². The number of nitrogens with zero attached hydrogens (tertiary/aromatic N) is 2. The normalized spacial score (nSPS) is 10.7. The van der Waals surface area contributed by atoms with Crippen LogP contribution in [0.15, 0.2) is 31.9 Å². The first-order valence-corrected chi connectivity index (χ1v) is 8.36. The van der Waals surface area contributed by atoms with Crippen molar-refractivity contribution in [3.8, 4) is 22.8 Å². The van der Waals surface area contributed by atoms with Gasteiger partial charge >= 0.3 is 98.9 Å². The van der Waals surface area contributed by atoms with E-state index in [2.05, 4.69) is 47.1 Å². The number of rotatable bonds is 2. The zero-order valence-corrected chi connectivity index (χ0v) is 11.1. The van der Waals surface area contributed by atoms with Gasteiger partial charge in [0, 0.05) is 0 Å². The van der Waals surface area contributed by atoms with Crippen molar-refractivity contribution in [3.05, 3.63) is 31.9 Å². The molecule has 0 aliphatic rings. The van der Waals surface area contributed by atoms with Gasteiger partial charge in [-0.05, 0) is 0 Å². The third-order valence-corrected chi connectivity index (χ3v) is 4.93. The van der Waals surface area contributed by atoms with Crippen LogP contribution in [0.1, 0.15) is 0 Å². The van der Waals surface area contributed by atoms with Gasteiger partial charge in [0.1, 0.15) is 0 Å². The van der Waals surface area contributed by atoms with Crippen LogP contribution in [-0.4, -0.2) is 44.2 Å². The van der Waals surface area contributed by atoms with Gasteiger partial charge in [-0.1, -0.05) is 0 Å². The number of hydrogen-bond acceptors (Lipinski definition) is 2. The molecule has 74 valence electrons. The van der Waals surface area contributed by atoms with Crippen LogP contribution in [0.2, 0.25) is 0 Å². The van der Waals surface area contributed by atoms with Crippen LogP contribution in [-0.2, 0) is 0 Å². The van der Waals surface area contributed by atoms with Crippen molar-refractivity contribution in [1.29, 1.82) is 0 Å². The maximum atomic E-state index is 4.49. The molecule has 3 rings (SSSR count). The van der Waals surface area contributed by atoms with Gasteiger partial charge in [0.2, 0.25) is 0 Å². The summed E-state index contributed by atoms with van der Waals surface area (Å²) in [5.74, 6) is 1.70. The van der Waals surface area contributed by atoms with Crippen molar-refractivity contribution >= 4 is 29.0 Å². The second-order valence-corrected chi connectivity index (χ2v) is 6.30. The van der Waals surface area contributed by atoms with Crippen LogP contribution in [0, 0.1) is 0 Å². The molecule has 0 aromatic carbocycles. The molecule has 5 heteroatoms. The van der Waals surface area contributed by atoms with Gasteiger partial charge < -0.3 is 0 Å². The molecular formula is C10H7N3Se2. The first kappa shape index (κ1) is 9.37. The fraction of sp³-hybridized carbons (Fsp3) is 0. The summed E-state index contributed by atoms with van der Waals surface area (Å²) in [6, 6.07) is 4.20. The third-order valence-electron chi connectivity index (χ3n) is 2.06. The van der Waals surface area contributed by atoms with Crippen molar-refractivity contribution in [1.82, 2.24) is 15.2 Å². The van der Waals surface area contributed by atoms with Gasteiger partial charge in [0.25, 0.3) is 0 Å². The summed E-state index contributed by atoms with van der Waals surface area (Å²) in [4.78, 5) is 13.3. The Labute approximate surface area is 98.7 Å². The van der Waals surface area contributed by atoms with E-state index in [9.17, 15) is 0 Å². The second-order valence-electron chi connectivity index (χ2n) is 3.03. The van der Waals surface area contributed by atoms with Gasteiger partial charge in [0.15, 0.2) is 0 Å². The summed E-state index contributed by atoms with van der Waals surface area (Å²) >= 11 is 0.990. The molecule has 0 fully saturated rings. The summed E-state index contributed by atoms with van der Waals surface area (Å²) in [5, 5.41) is 7.22. The van der Waals surface area contributed by atoms with Gasteiger partial charge in [-0.3, -0.25) is 0 Å². The first-order valence-electron chi connectivity index (χ1n) is 4.41. The second kappa shape index (κ2) is 3.95. The van der Waals surface area contributed by atoms with Crippen LogP contribution < -0.4 is 0 Å². The first-order chi connectivity index (χ1) is 7.43. The monoisotopic (exact) mass is 329 g/mol. The van der Waals surface area contributed by atoms with E-state index < -0.39 is 0 Å². The van der Waals surface area contributed by atoms with E-state index in [1.165, 1.54) is 5.56 Å². The quantitative estimate of drug-likeness (QED) is 0.720. The predicted octanol–water partition coefficient (Wildman–Crippen LogP) is 1.25. The Morgan fingerprint density at radius 1 is 1.00 bits per heavy atom. The molecule has 0 saturated heterocycles. The minimum atomic E-state index is 0.492. The van der Waals surface area contributed by atoms with E-state index in [1.807, 2.05) is 0 Å². The van der Waals surface area contributed by atoms with Crippen molar-refractivity contribution in [2.75, 3.05) is 0 Å². The van der Waals surface area contributed by atoms with E-state index in [1.54, 1.807) is 0 Å². The SMILES string of the molecule is c1cc(-c2n[nH]c(-c3cc[se]c3)n2)c[se]1. The van der Waals surface area contributed by atoms with Crippen molar-refractivity contribution in [3.63, 3.8) is 0 Å². The maximum absolute atomic E-state index is 4.49. The molecule has 1 N–H and O–H groups in total. The topological polar surface area (TPSA) is 41.6 Å². The Morgan fingerprint density at radius 3 is 2.40 bits per heavy atom. The fourth-order valence-electron chi connectivity index (χ4n) is 1.31. The van der Waals surface area contributed by atoms with E-state index >= 15 is 0 Å². The summed E-state index contributed by atoms with van der Waals surface area (Å²) in [5.41, 5.74) is 2.31. The third kappa shape index (κ3) is 1.79. The summed E-state index contributed by atoms with van der Waals surface area (Å²) in [6.07, 6.45) is 0. The molecule has 0 atom stereocenters. The molecule has 3 aromatic heterocycles. The Morgan fingerprint density at radius 2 is 1.73 bits per heavy atom. The van der Waals surface area contributed by atoms with Crippen molar-refractivity contribution in [2.24, 2.45) is 0 Å². The molecule has 0 amide bonds. The number of nitrogens with one attached hydrogen (secondary N) is 1. The molecule has 3 aromatic rings. The Balaban J connectivity index is 2.02.